The van der Waals surface area contributed by atoms with E-state index < -0.39 is 0 Å². The minimum atomic E-state index is 0.724. The SMILES string of the molecule is CN/C=C\c1ccccc1CC#Cc1[nH+]ccc2ccccc12. The summed E-state index contributed by atoms with van der Waals surface area (Å²) in [7, 11) is 1.90. The Balaban J connectivity index is 1.87. The molecule has 2 heteroatoms. The van der Waals surface area contributed by atoms with E-state index >= 15 is 0 Å². The maximum Gasteiger partial charge on any atom is 0.263 e. The Morgan fingerprint density at radius 3 is 2.78 bits per heavy atom. The van der Waals surface area contributed by atoms with Crippen LogP contribution in [0.5, 0.6) is 0 Å². The summed E-state index contributed by atoms with van der Waals surface area (Å²) in [5.41, 5.74) is 3.39. The summed E-state index contributed by atoms with van der Waals surface area (Å²) in [4.78, 5) is 3.25. The number of pyridine rings is 1. The Bertz CT molecular complexity index is 893. The number of aromatic nitrogens is 1. The zero-order valence-electron chi connectivity index (χ0n) is 13.1. The molecular formula is C21H19N2+. The number of nitrogens with one attached hydrogen (secondary N) is 2. The van der Waals surface area contributed by atoms with Crippen molar-refractivity contribution in [2.24, 2.45) is 0 Å². The maximum atomic E-state index is 3.29. The van der Waals surface area contributed by atoms with Crippen molar-refractivity contribution in [1.82, 2.24) is 5.32 Å². The van der Waals surface area contributed by atoms with Crippen molar-refractivity contribution in [1.29, 1.82) is 0 Å². The van der Waals surface area contributed by atoms with E-state index in [1.807, 2.05) is 37.6 Å². The number of fused-ring (bicyclic) bond motifs is 1. The number of aromatic amines is 1. The average molecular weight is 299 g/mol. The lowest BCUT2D eigenvalue weighted by Gasteiger charge is -2.01. The van der Waals surface area contributed by atoms with Crippen molar-refractivity contribution in [2.45, 2.75) is 6.42 Å². The van der Waals surface area contributed by atoms with Gasteiger partial charge in [-0.2, -0.15) is 0 Å². The minimum absolute atomic E-state index is 0.724. The Labute approximate surface area is 136 Å². The van der Waals surface area contributed by atoms with Crippen molar-refractivity contribution in [3.63, 3.8) is 0 Å². The molecule has 0 aliphatic carbocycles. The van der Waals surface area contributed by atoms with Gasteiger partial charge in [0, 0.05) is 25.5 Å². The zero-order valence-corrected chi connectivity index (χ0v) is 13.1. The van der Waals surface area contributed by atoms with Gasteiger partial charge in [0.05, 0.1) is 5.39 Å². The molecule has 0 saturated carbocycles. The van der Waals surface area contributed by atoms with Gasteiger partial charge in [-0.15, -0.1) is 0 Å². The van der Waals surface area contributed by atoms with Gasteiger partial charge in [0.25, 0.3) is 5.69 Å². The van der Waals surface area contributed by atoms with Gasteiger partial charge in [-0.05, 0) is 34.9 Å². The second kappa shape index (κ2) is 7.29. The Hall–Kier alpha value is -3.05. The number of H-pyrrole nitrogens is 1. The third-order valence-electron chi connectivity index (χ3n) is 3.70. The maximum absolute atomic E-state index is 3.29. The molecule has 23 heavy (non-hydrogen) atoms. The standard InChI is InChI=1S/C21H18N2/c1-22-15-13-18-8-3-2-7-17(18)10-6-12-21-20-11-5-4-9-19(20)14-16-23-21/h2-5,7-9,11,13-16,22H,10H2,1H3/p+1/b15-13-. The highest BCUT2D eigenvalue weighted by atomic mass is 14.8. The van der Waals surface area contributed by atoms with E-state index in [2.05, 4.69) is 64.6 Å². The second-order valence-electron chi connectivity index (χ2n) is 5.24. The van der Waals surface area contributed by atoms with Crippen molar-refractivity contribution in [3.05, 3.63) is 83.8 Å². The van der Waals surface area contributed by atoms with E-state index in [0.29, 0.717) is 0 Å². The van der Waals surface area contributed by atoms with Crippen LogP contribution in [-0.4, -0.2) is 7.05 Å². The molecule has 3 rings (SSSR count). The summed E-state index contributed by atoms with van der Waals surface area (Å²) in [6, 6.07) is 18.7. The average Bonchev–Trinajstić information content (AvgIpc) is 2.61. The van der Waals surface area contributed by atoms with Gasteiger partial charge in [-0.1, -0.05) is 48.4 Å². The second-order valence-corrected chi connectivity index (χ2v) is 5.24. The van der Waals surface area contributed by atoms with E-state index in [9.17, 15) is 0 Å². The molecule has 112 valence electrons. The normalized spacial score (nSPS) is 10.5. The third-order valence-corrected chi connectivity index (χ3v) is 3.70. The van der Waals surface area contributed by atoms with Gasteiger partial charge in [0.1, 0.15) is 0 Å². The molecule has 1 aromatic heterocycles. The van der Waals surface area contributed by atoms with Crippen LogP contribution >= 0.6 is 0 Å². The Morgan fingerprint density at radius 1 is 1.04 bits per heavy atom. The molecule has 0 atom stereocenters. The lowest BCUT2D eigenvalue weighted by atomic mass is 10.0. The van der Waals surface area contributed by atoms with Gasteiger partial charge in [-0.25, -0.2) is 4.98 Å². The van der Waals surface area contributed by atoms with E-state index in [4.69, 9.17) is 0 Å². The topological polar surface area (TPSA) is 26.2 Å². The molecule has 2 nitrogen and oxygen atoms in total. The Morgan fingerprint density at radius 2 is 1.87 bits per heavy atom. The van der Waals surface area contributed by atoms with E-state index in [-0.39, 0.29) is 0 Å². The fourth-order valence-electron chi connectivity index (χ4n) is 2.52. The Kier molecular flexibility index (Phi) is 4.71. The lowest BCUT2D eigenvalue weighted by Crippen LogP contribution is -2.07. The largest absolute Gasteiger partial charge is 0.394 e. The number of benzene rings is 2. The number of rotatable bonds is 3. The molecule has 0 unspecified atom stereocenters. The summed E-state index contributed by atoms with van der Waals surface area (Å²) in [6.45, 7) is 0. The van der Waals surface area contributed by atoms with E-state index in [1.54, 1.807) is 0 Å². The molecule has 0 saturated heterocycles. The van der Waals surface area contributed by atoms with Crippen LogP contribution in [0, 0.1) is 11.8 Å². The highest BCUT2D eigenvalue weighted by Crippen LogP contribution is 2.14. The number of hydrogen-bond acceptors (Lipinski definition) is 1. The minimum Gasteiger partial charge on any atom is -0.394 e. The van der Waals surface area contributed by atoms with E-state index in [1.165, 1.54) is 16.5 Å². The first-order valence-electron chi connectivity index (χ1n) is 7.68. The van der Waals surface area contributed by atoms with Crippen LogP contribution in [0.3, 0.4) is 0 Å². The van der Waals surface area contributed by atoms with Crippen LogP contribution in [0.4, 0.5) is 0 Å². The molecule has 2 N–H and O–H groups in total. The van der Waals surface area contributed by atoms with Crippen LogP contribution in [-0.2, 0) is 6.42 Å². The number of hydrogen-bond donors (Lipinski definition) is 1. The monoisotopic (exact) mass is 299 g/mol. The first kappa shape index (κ1) is 14.9. The van der Waals surface area contributed by atoms with Crippen molar-refractivity contribution < 1.29 is 4.98 Å². The molecule has 0 spiro atoms. The van der Waals surface area contributed by atoms with Gasteiger partial charge in [0.2, 0.25) is 0 Å². The zero-order chi connectivity index (χ0) is 15.9. The molecule has 2 aromatic carbocycles. The predicted molar refractivity (Wildman–Crippen MR) is 95.6 cm³/mol. The van der Waals surface area contributed by atoms with Gasteiger partial charge >= 0.3 is 0 Å². The molecule has 3 aromatic rings. The molecule has 0 fully saturated rings. The van der Waals surface area contributed by atoms with Gasteiger partial charge in [0.15, 0.2) is 6.20 Å². The van der Waals surface area contributed by atoms with Gasteiger partial charge in [-0.3, -0.25) is 0 Å². The van der Waals surface area contributed by atoms with Crippen molar-refractivity contribution >= 4 is 16.8 Å². The molecule has 0 bridgehead atoms. The molecule has 0 aliphatic heterocycles. The molecule has 0 aliphatic rings. The molecule has 0 radical (unpaired) electrons. The molecular weight excluding hydrogens is 280 g/mol. The molecule has 1 heterocycles. The van der Waals surface area contributed by atoms with Crippen LogP contribution in [0.1, 0.15) is 16.8 Å². The first-order chi connectivity index (χ1) is 11.4. The summed E-state index contributed by atoms with van der Waals surface area (Å²) >= 11 is 0. The smallest absolute Gasteiger partial charge is 0.263 e. The fraction of sp³-hybridized carbons (Fsp3) is 0.0952. The summed E-state index contributed by atoms with van der Waals surface area (Å²) in [5.74, 6) is 6.57. The summed E-state index contributed by atoms with van der Waals surface area (Å²) in [5, 5.41) is 5.38. The van der Waals surface area contributed by atoms with Crippen LogP contribution < -0.4 is 10.3 Å². The highest BCUT2D eigenvalue weighted by molar-refractivity contribution is 5.85. The highest BCUT2D eigenvalue weighted by Gasteiger charge is 2.03. The van der Waals surface area contributed by atoms with Gasteiger partial charge < -0.3 is 5.32 Å². The molecule has 0 amide bonds. The summed E-state index contributed by atoms with van der Waals surface area (Å²) in [6.07, 6.45) is 6.67. The van der Waals surface area contributed by atoms with Crippen molar-refractivity contribution in [3.8, 4) is 11.8 Å². The quantitative estimate of drug-likeness (QED) is 0.737. The lowest BCUT2D eigenvalue weighted by molar-refractivity contribution is -0.379. The van der Waals surface area contributed by atoms with E-state index in [0.717, 1.165) is 17.5 Å². The first-order valence-corrected chi connectivity index (χ1v) is 7.68. The summed E-state index contributed by atoms with van der Waals surface area (Å²) < 4.78 is 0. The van der Waals surface area contributed by atoms with Crippen LogP contribution in [0.25, 0.3) is 16.8 Å². The van der Waals surface area contributed by atoms with Crippen LogP contribution in [0.2, 0.25) is 0 Å². The van der Waals surface area contributed by atoms with Crippen LogP contribution in [0.15, 0.2) is 67.0 Å². The third kappa shape index (κ3) is 3.59. The fourth-order valence-corrected chi connectivity index (χ4v) is 2.52. The predicted octanol–water partition coefficient (Wildman–Crippen LogP) is 3.44. The van der Waals surface area contributed by atoms with Crippen molar-refractivity contribution in [2.75, 3.05) is 7.05 Å².